The first-order valence-corrected chi connectivity index (χ1v) is 12.0. The Labute approximate surface area is 218 Å². The topological polar surface area (TPSA) is 75.1 Å². The summed E-state index contributed by atoms with van der Waals surface area (Å²) < 4.78 is 24.6. The lowest BCUT2D eigenvalue weighted by atomic mass is 9.88. The summed E-state index contributed by atoms with van der Waals surface area (Å²) in [7, 11) is 2.76. The minimum absolute atomic E-state index is 0.249. The summed E-state index contributed by atoms with van der Waals surface area (Å²) in [6.45, 7) is 0. The molecule has 0 radical (unpaired) electrons. The van der Waals surface area contributed by atoms with E-state index in [9.17, 15) is 14.4 Å². The number of allylic oxidation sites excluding steroid dienone is 4. The number of benzene rings is 3. The van der Waals surface area contributed by atoms with Gasteiger partial charge in [-0.2, -0.15) is 5.26 Å². The molecule has 1 aliphatic rings. The van der Waals surface area contributed by atoms with Gasteiger partial charge in [0.2, 0.25) is 0 Å². The average molecular weight is 513 g/mol. The predicted molar refractivity (Wildman–Crippen MR) is 143 cm³/mol. The van der Waals surface area contributed by atoms with Crippen LogP contribution in [0, 0.1) is 17.1 Å². The molecule has 5 rings (SSSR count). The number of halogens is 2. The molecule has 1 aromatic heterocycles. The van der Waals surface area contributed by atoms with Gasteiger partial charge in [-0.1, -0.05) is 41.9 Å². The minimum Gasteiger partial charge on any atom is -0.494 e. The van der Waals surface area contributed by atoms with E-state index >= 15 is 0 Å². The van der Waals surface area contributed by atoms with E-state index in [2.05, 4.69) is 17.1 Å². The highest BCUT2D eigenvalue weighted by Gasteiger charge is 2.23. The molecular weight excluding hydrogens is 491 g/mol. The first kappa shape index (κ1) is 24.4. The molecule has 3 aromatic carbocycles. The van der Waals surface area contributed by atoms with Gasteiger partial charge in [0.1, 0.15) is 11.4 Å². The fourth-order valence-corrected chi connectivity index (χ4v) is 5.19. The Kier molecular flexibility index (Phi) is 6.56. The van der Waals surface area contributed by atoms with Gasteiger partial charge in [0.15, 0.2) is 5.75 Å². The number of aromatic nitrogens is 1. The molecule has 0 bridgehead atoms. The number of rotatable bonds is 5. The van der Waals surface area contributed by atoms with Crippen LogP contribution in [0.5, 0.6) is 5.75 Å². The molecule has 0 atom stereocenters. The molecule has 0 aliphatic heterocycles. The third-order valence-corrected chi connectivity index (χ3v) is 6.90. The largest absolute Gasteiger partial charge is 0.494 e. The lowest BCUT2D eigenvalue weighted by Gasteiger charge is -2.18. The highest BCUT2D eigenvalue weighted by Crippen LogP contribution is 2.43. The third kappa shape index (κ3) is 4.28. The van der Waals surface area contributed by atoms with Crippen molar-refractivity contribution in [3.05, 3.63) is 100.0 Å². The molecule has 7 heteroatoms. The number of carbonyl (C=O) groups excluding carboxylic acids is 1. The molecule has 0 spiro atoms. The molecule has 5 nitrogen and oxygen atoms in total. The number of methoxy groups -OCH3 is 2. The van der Waals surface area contributed by atoms with Crippen LogP contribution in [-0.4, -0.2) is 25.2 Å². The summed E-state index contributed by atoms with van der Waals surface area (Å²) in [5.74, 6) is -0.630. The summed E-state index contributed by atoms with van der Waals surface area (Å²) in [4.78, 5) is 15.6. The van der Waals surface area contributed by atoms with Gasteiger partial charge in [0, 0.05) is 27.6 Å². The fourth-order valence-electron chi connectivity index (χ4n) is 4.82. The number of nitriles is 1. The van der Waals surface area contributed by atoms with Crippen molar-refractivity contribution in [2.75, 3.05) is 14.2 Å². The Morgan fingerprint density at radius 2 is 1.92 bits per heavy atom. The maximum absolute atomic E-state index is 14.3. The zero-order valence-corrected chi connectivity index (χ0v) is 20.9. The molecule has 0 fully saturated rings. The molecule has 4 aromatic rings. The fraction of sp³-hybridized carbons (Fsp3) is 0.133. The number of aromatic amines is 1. The molecule has 184 valence electrons. The summed E-state index contributed by atoms with van der Waals surface area (Å²) in [5.41, 5.74) is 6.39. The smallest absolute Gasteiger partial charge is 0.341 e. The quantitative estimate of drug-likeness (QED) is 0.280. The number of H-pyrrole nitrogens is 1. The van der Waals surface area contributed by atoms with Crippen molar-refractivity contribution in [2.24, 2.45) is 0 Å². The SMILES string of the molecule is COC(=O)c1ccc(C2=CC(c3[nH]c4ccc(F)cc4c3-c3ccccc3C#N)=CCC2)c(Cl)c1OC. The van der Waals surface area contributed by atoms with Crippen LogP contribution < -0.4 is 4.74 Å². The molecule has 0 unspecified atom stereocenters. The van der Waals surface area contributed by atoms with Gasteiger partial charge >= 0.3 is 5.97 Å². The Balaban J connectivity index is 1.69. The van der Waals surface area contributed by atoms with Crippen LogP contribution in [-0.2, 0) is 4.74 Å². The Bertz CT molecular complexity index is 1660. The number of esters is 1. The lowest BCUT2D eigenvalue weighted by molar-refractivity contribution is 0.0597. The van der Waals surface area contributed by atoms with Gasteiger partial charge in [-0.05, 0) is 60.4 Å². The molecule has 1 N–H and O–H groups in total. The van der Waals surface area contributed by atoms with Gasteiger partial charge in [-0.15, -0.1) is 0 Å². The zero-order valence-electron chi connectivity index (χ0n) is 20.2. The highest BCUT2D eigenvalue weighted by molar-refractivity contribution is 6.34. The first-order chi connectivity index (χ1) is 18.0. The number of hydrogen-bond donors (Lipinski definition) is 1. The number of fused-ring (bicyclic) bond motifs is 1. The second-order valence-electron chi connectivity index (χ2n) is 8.59. The monoisotopic (exact) mass is 512 g/mol. The van der Waals surface area contributed by atoms with Crippen LogP contribution in [0.4, 0.5) is 4.39 Å². The van der Waals surface area contributed by atoms with Crippen molar-refractivity contribution >= 4 is 39.6 Å². The Morgan fingerprint density at radius 3 is 2.68 bits per heavy atom. The van der Waals surface area contributed by atoms with Crippen LogP contribution in [0.25, 0.3) is 33.2 Å². The van der Waals surface area contributed by atoms with Crippen LogP contribution in [0.2, 0.25) is 5.02 Å². The molecule has 0 saturated carbocycles. The van der Waals surface area contributed by atoms with Gasteiger partial charge in [0.25, 0.3) is 0 Å². The summed E-state index contributed by atoms with van der Waals surface area (Å²) >= 11 is 6.71. The van der Waals surface area contributed by atoms with Crippen molar-refractivity contribution in [3.63, 3.8) is 0 Å². The molecule has 0 saturated heterocycles. The third-order valence-electron chi connectivity index (χ3n) is 6.53. The van der Waals surface area contributed by atoms with Crippen LogP contribution in [0.15, 0.2) is 66.7 Å². The van der Waals surface area contributed by atoms with E-state index in [0.29, 0.717) is 16.0 Å². The summed E-state index contributed by atoms with van der Waals surface area (Å²) in [6.07, 6.45) is 5.60. The van der Waals surface area contributed by atoms with E-state index in [0.717, 1.165) is 51.9 Å². The first-order valence-electron chi connectivity index (χ1n) is 11.6. The van der Waals surface area contributed by atoms with E-state index in [1.807, 2.05) is 24.3 Å². The molecular formula is C30H22ClFN2O3. The standard InChI is InChI=1S/C30H22ClFN2O3/c1-36-29-23(30(35)37-2)12-11-22(27(29)31)17-7-5-8-18(14-17)28-26(21-9-4-3-6-19(21)16-33)24-15-20(32)10-13-25(24)34-28/h3-4,6,8-15,34H,5,7H2,1-2H3. The van der Waals surface area contributed by atoms with Gasteiger partial charge < -0.3 is 14.5 Å². The molecule has 0 amide bonds. The normalized spacial score (nSPS) is 13.1. The number of carbonyl (C=O) groups is 1. The van der Waals surface area contributed by atoms with E-state index in [-0.39, 0.29) is 17.1 Å². The average Bonchev–Trinajstić information content (AvgIpc) is 3.30. The van der Waals surface area contributed by atoms with Gasteiger partial charge in [-0.25, -0.2) is 9.18 Å². The minimum atomic E-state index is -0.533. The molecule has 1 aliphatic carbocycles. The van der Waals surface area contributed by atoms with Crippen LogP contribution in [0.1, 0.15) is 40.0 Å². The second-order valence-corrected chi connectivity index (χ2v) is 8.97. The maximum Gasteiger partial charge on any atom is 0.341 e. The van der Waals surface area contributed by atoms with E-state index in [1.165, 1.54) is 26.4 Å². The Hall–Kier alpha value is -4.34. The highest BCUT2D eigenvalue weighted by atomic mass is 35.5. The second kappa shape index (κ2) is 9.96. The van der Waals surface area contributed by atoms with Crippen molar-refractivity contribution in [1.82, 2.24) is 4.98 Å². The molecule has 37 heavy (non-hydrogen) atoms. The van der Waals surface area contributed by atoms with Gasteiger partial charge in [0.05, 0.1) is 36.6 Å². The molecule has 1 heterocycles. The van der Waals surface area contributed by atoms with E-state index in [4.69, 9.17) is 21.1 Å². The summed E-state index contributed by atoms with van der Waals surface area (Å²) in [5, 5.41) is 10.8. The van der Waals surface area contributed by atoms with Crippen molar-refractivity contribution in [1.29, 1.82) is 5.26 Å². The number of hydrogen-bond acceptors (Lipinski definition) is 4. The van der Waals surface area contributed by atoms with E-state index < -0.39 is 5.97 Å². The van der Waals surface area contributed by atoms with Crippen molar-refractivity contribution in [3.8, 4) is 22.9 Å². The summed E-state index contributed by atoms with van der Waals surface area (Å²) in [6, 6.07) is 17.6. The predicted octanol–water partition coefficient (Wildman–Crippen LogP) is 7.56. The van der Waals surface area contributed by atoms with Gasteiger partial charge in [-0.3, -0.25) is 0 Å². The number of nitrogens with one attached hydrogen (secondary N) is 1. The van der Waals surface area contributed by atoms with Crippen molar-refractivity contribution in [2.45, 2.75) is 12.8 Å². The van der Waals surface area contributed by atoms with E-state index in [1.54, 1.807) is 24.3 Å². The number of nitrogens with zero attached hydrogens (tertiary/aromatic N) is 1. The zero-order chi connectivity index (χ0) is 26.1. The number of ether oxygens (including phenoxy) is 2. The maximum atomic E-state index is 14.3. The van der Waals surface area contributed by atoms with Crippen LogP contribution in [0.3, 0.4) is 0 Å². The van der Waals surface area contributed by atoms with Crippen LogP contribution >= 0.6 is 11.6 Å². The van der Waals surface area contributed by atoms with Crippen molar-refractivity contribution < 1.29 is 18.7 Å². The lowest BCUT2D eigenvalue weighted by Crippen LogP contribution is -2.06. The Morgan fingerprint density at radius 1 is 1.11 bits per heavy atom.